The van der Waals surface area contributed by atoms with Gasteiger partial charge in [0, 0.05) is 5.56 Å². The van der Waals surface area contributed by atoms with Gasteiger partial charge in [0.2, 0.25) is 0 Å². The van der Waals surface area contributed by atoms with Gasteiger partial charge in [0.15, 0.2) is 0 Å². The molecule has 1 aliphatic heterocycles. The lowest BCUT2D eigenvalue weighted by molar-refractivity contribution is 0.0946. The molecule has 0 radical (unpaired) electrons. The summed E-state index contributed by atoms with van der Waals surface area (Å²) >= 11 is 0. The molecule has 0 aromatic heterocycles. The maximum atomic E-state index is 11.4. The summed E-state index contributed by atoms with van der Waals surface area (Å²) in [6.07, 6.45) is -0.916. The molecule has 0 unspecified atom stereocenters. The van der Waals surface area contributed by atoms with E-state index in [-0.39, 0.29) is 12.4 Å². The Morgan fingerprint density at radius 2 is 2.19 bits per heavy atom. The molecule has 1 fully saturated rings. The number of carbonyl (C=O) groups excluding carboxylic acids is 1. The predicted molar refractivity (Wildman–Crippen MR) is 55.9 cm³/mol. The van der Waals surface area contributed by atoms with E-state index >= 15 is 0 Å². The molecule has 86 valence electrons. The predicted octanol–water partition coefficient (Wildman–Crippen LogP) is 0.705. The number of amides is 1. The number of aromatic hydroxyl groups is 1. The van der Waals surface area contributed by atoms with E-state index in [9.17, 15) is 9.90 Å². The minimum absolute atomic E-state index is 0.155. The van der Waals surface area contributed by atoms with Gasteiger partial charge in [0.05, 0.1) is 19.7 Å². The van der Waals surface area contributed by atoms with Gasteiger partial charge in [0.1, 0.15) is 11.9 Å². The van der Waals surface area contributed by atoms with Crippen LogP contribution in [0.4, 0.5) is 4.79 Å². The van der Waals surface area contributed by atoms with Gasteiger partial charge < -0.3 is 14.9 Å². The highest BCUT2D eigenvalue weighted by molar-refractivity contribution is 5.70. The highest BCUT2D eigenvalue weighted by atomic mass is 16.6. The van der Waals surface area contributed by atoms with Crippen molar-refractivity contribution in [1.29, 1.82) is 0 Å². The van der Waals surface area contributed by atoms with Crippen molar-refractivity contribution in [3.8, 4) is 5.75 Å². The third-order valence-corrected chi connectivity index (χ3v) is 2.51. The molecule has 1 saturated heterocycles. The molecule has 0 spiro atoms. The van der Waals surface area contributed by atoms with Crippen LogP contribution in [0.1, 0.15) is 5.56 Å². The number of aliphatic hydroxyl groups is 1. The number of hydrogen-bond acceptors (Lipinski definition) is 4. The molecular formula is C11H13NO4. The number of hydrogen-bond donors (Lipinski definition) is 2. The average Bonchev–Trinajstić information content (AvgIpc) is 2.63. The molecule has 0 saturated carbocycles. The van der Waals surface area contributed by atoms with Crippen LogP contribution < -0.4 is 0 Å². The summed E-state index contributed by atoms with van der Waals surface area (Å²) in [6, 6.07) is 6.83. The minimum Gasteiger partial charge on any atom is -0.508 e. The standard InChI is InChI=1S/C11H13NO4/c13-7-9-6-12(11(15)16-9)5-8-3-1-2-4-10(8)14/h1-4,9,13-14H,5-7H2/t9-/m1/s1. The molecule has 2 rings (SSSR count). The van der Waals surface area contributed by atoms with Crippen molar-refractivity contribution in [2.75, 3.05) is 13.2 Å². The fourth-order valence-electron chi connectivity index (χ4n) is 1.65. The number of nitrogens with zero attached hydrogens (tertiary/aromatic N) is 1. The highest BCUT2D eigenvalue weighted by Crippen LogP contribution is 2.20. The number of rotatable bonds is 3. The number of carbonyl (C=O) groups is 1. The number of phenolic OH excluding ortho intramolecular Hbond substituents is 1. The van der Waals surface area contributed by atoms with Crippen molar-refractivity contribution in [2.24, 2.45) is 0 Å². The lowest BCUT2D eigenvalue weighted by atomic mass is 10.2. The number of ether oxygens (including phenoxy) is 1. The van der Waals surface area contributed by atoms with Crippen LogP contribution in [0, 0.1) is 0 Å². The summed E-state index contributed by atoms with van der Waals surface area (Å²) in [5.41, 5.74) is 0.665. The van der Waals surface area contributed by atoms with Gasteiger partial charge in [-0.2, -0.15) is 0 Å². The molecule has 1 aliphatic rings. The zero-order chi connectivity index (χ0) is 11.5. The monoisotopic (exact) mass is 223 g/mol. The molecule has 0 aliphatic carbocycles. The second-order valence-corrected chi connectivity index (χ2v) is 3.70. The van der Waals surface area contributed by atoms with E-state index in [2.05, 4.69) is 0 Å². The maximum Gasteiger partial charge on any atom is 0.410 e. The summed E-state index contributed by atoms with van der Waals surface area (Å²) in [7, 11) is 0. The Bertz CT molecular complexity index is 393. The lowest BCUT2D eigenvalue weighted by Gasteiger charge is -2.13. The van der Waals surface area contributed by atoms with Crippen LogP contribution >= 0.6 is 0 Å². The van der Waals surface area contributed by atoms with Crippen LogP contribution in [0.5, 0.6) is 5.75 Å². The number of aliphatic hydroxyl groups excluding tert-OH is 1. The number of benzene rings is 1. The Morgan fingerprint density at radius 3 is 2.81 bits per heavy atom. The molecule has 16 heavy (non-hydrogen) atoms. The zero-order valence-corrected chi connectivity index (χ0v) is 8.67. The molecule has 0 bridgehead atoms. The SMILES string of the molecule is O=C1O[C@@H](CO)CN1Cc1ccccc1O. The first kappa shape index (κ1) is 10.8. The van der Waals surface area contributed by atoms with Crippen LogP contribution in [0.25, 0.3) is 0 Å². The first-order valence-electron chi connectivity index (χ1n) is 5.04. The third-order valence-electron chi connectivity index (χ3n) is 2.51. The van der Waals surface area contributed by atoms with E-state index in [0.29, 0.717) is 18.7 Å². The van der Waals surface area contributed by atoms with Crippen LogP contribution in [-0.2, 0) is 11.3 Å². The van der Waals surface area contributed by atoms with Crippen molar-refractivity contribution in [3.05, 3.63) is 29.8 Å². The zero-order valence-electron chi connectivity index (χ0n) is 8.67. The third kappa shape index (κ3) is 2.09. The fraction of sp³-hybridized carbons (Fsp3) is 0.364. The molecule has 1 atom stereocenters. The first-order chi connectivity index (χ1) is 7.70. The molecule has 1 amide bonds. The first-order valence-corrected chi connectivity index (χ1v) is 5.04. The molecule has 1 aromatic rings. The molecule has 1 aromatic carbocycles. The van der Waals surface area contributed by atoms with Crippen LogP contribution in [0.3, 0.4) is 0 Å². The van der Waals surface area contributed by atoms with Gasteiger partial charge >= 0.3 is 6.09 Å². The summed E-state index contributed by atoms with van der Waals surface area (Å²) in [5.74, 6) is 0.155. The van der Waals surface area contributed by atoms with Crippen molar-refractivity contribution < 1.29 is 19.7 Å². The van der Waals surface area contributed by atoms with E-state index in [1.165, 1.54) is 4.90 Å². The molecular weight excluding hydrogens is 210 g/mol. The molecule has 5 heteroatoms. The minimum atomic E-state index is -0.460. The summed E-state index contributed by atoms with van der Waals surface area (Å²) in [6.45, 7) is 0.467. The summed E-state index contributed by atoms with van der Waals surface area (Å²) < 4.78 is 4.89. The van der Waals surface area contributed by atoms with Gasteiger partial charge in [-0.15, -0.1) is 0 Å². The number of phenols is 1. The van der Waals surface area contributed by atoms with Crippen LogP contribution in [-0.4, -0.2) is 40.5 Å². The largest absolute Gasteiger partial charge is 0.508 e. The van der Waals surface area contributed by atoms with Gasteiger partial charge in [-0.1, -0.05) is 18.2 Å². The summed E-state index contributed by atoms with van der Waals surface area (Å²) in [4.78, 5) is 12.8. The molecule has 2 N–H and O–H groups in total. The van der Waals surface area contributed by atoms with Gasteiger partial charge in [-0.05, 0) is 6.07 Å². The van der Waals surface area contributed by atoms with E-state index < -0.39 is 12.2 Å². The van der Waals surface area contributed by atoms with Crippen molar-refractivity contribution in [1.82, 2.24) is 4.90 Å². The fourth-order valence-corrected chi connectivity index (χ4v) is 1.65. The normalized spacial score (nSPS) is 19.9. The Hall–Kier alpha value is -1.75. The highest BCUT2D eigenvalue weighted by Gasteiger charge is 2.30. The van der Waals surface area contributed by atoms with Gasteiger partial charge in [-0.3, -0.25) is 4.90 Å². The number of para-hydroxylation sites is 1. The smallest absolute Gasteiger partial charge is 0.410 e. The van der Waals surface area contributed by atoms with Crippen LogP contribution in [0.15, 0.2) is 24.3 Å². The van der Waals surface area contributed by atoms with Crippen LogP contribution in [0.2, 0.25) is 0 Å². The topological polar surface area (TPSA) is 70.0 Å². The van der Waals surface area contributed by atoms with E-state index in [1.54, 1.807) is 24.3 Å². The van der Waals surface area contributed by atoms with Gasteiger partial charge in [0.25, 0.3) is 0 Å². The second-order valence-electron chi connectivity index (χ2n) is 3.70. The molecule has 1 heterocycles. The Labute approximate surface area is 92.9 Å². The molecule has 5 nitrogen and oxygen atoms in total. The number of cyclic esters (lactones) is 1. The Kier molecular flexibility index (Phi) is 2.96. The lowest BCUT2D eigenvalue weighted by Crippen LogP contribution is -2.25. The van der Waals surface area contributed by atoms with Crippen molar-refractivity contribution in [2.45, 2.75) is 12.6 Å². The van der Waals surface area contributed by atoms with E-state index in [4.69, 9.17) is 9.84 Å². The van der Waals surface area contributed by atoms with E-state index in [0.717, 1.165) is 0 Å². The van der Waals surface area contributed by atoms with Crippen molar-refractivity contribution >= 4 is 6.09 Å². The second kappa shape index (κ2) is 4.40. The maximum absolute atomic E-state index is 11.4. The van der Waals surface area contributed by atoms with Crippen molar-refractivity contribution in [3.63, 3.8) is 0 Å². The van der Waals surface area contributed by atoms with Gasteiger partial charge in [-0.25, -0.2) is 4.79 Å². The Balaban J connectivity index is 2.06. The Morgan fingerprint density at radius 1 is 1.44 bits per heavy atom. The quantitative estimate of drug-likeness (QED) is 0.791. The average molecular weight is 223 g/mol. The summed E-state index contributed by atoms with van der Waals surface area (Å²) in [5, 5.41) is 18.4. The van der Waals surface area contributed by atoms with E-state index in [1.807, 2.05) is 0 Å².